The number of carboxylic acid groups (broad SMARTS) is 1. The van der Waals surface area contributed by atoms with Gasteiger partial charge in [0, 0.05) is 36.0 Å². The third-order valence-electron chi connectivity index (χ3n) is 5.22. The first kappa shape index (κ1) is 17.4. The van der Waals surface area contributed by atoms with Gasteiger partial charge in [-0.25, -0.2) is 4.79 Å². The van der Waals surface area contributed by atoms with Crippen molar-refractivity contribution in [3.63, 3.8) is 0 Å². The number of thioether (sulfide) groups is 1. The van der Waals surface area contributed by atoms with Gasteiger partial charge in [0.2, 0.25) is 0 Å². The molecule has 0 aliphatic carbocycles. The monoisotopic (exact) mass is 350 g/mol. The van der Waals surface area contributed by atoms with Crippen LogP contribution >= 0.6 is 11.8 Å². The van der Waals surface area contributed by atoms with Crippen LogP contribution in [0.2, 0.25) is 0 Å². The molecule has 1 aromatic carbocycles. The molecule has 0 unspecified atom stereocenters. The van der Waals surface area contributed by atoms with Crippen LogP contribution in [0.15, 0.2) is 29.2 Å². The second-order valence-electron chi connectivity index (χ2n) is 7.48. The normalized spacial score (nSPS) is 25.6. The quantitative estimate of drug-likeness (QED) is 0.818. The number of hydrogen-bond donors (Lipinski definition) is 2. The Balaban J connectivity index is 1.84. The predicted octanol–water partition coefficient (Wildman–Crippen LogP) is 2.99. The summed E-state index contributed by atoms with van der Waals surface area (Å²) in [6.45, 7) is 6.82. The second-order valence-corrected chi connectivity index (χ2v) is 8.65. The Morgan fingerprint density at radius 3 is 2.58 bits per heavy atom. The van der Waals surface area contributed by atoms with Crippen molar-refractivity contribution in [3.05, 3.63) is 24.3 Å². The number of aliphatic hydroxyl groups is 1. The van der Waals surface area contributed by atoms with E-state index in [-0.39, 0.29) is 18.1 Å². The lowest BCUT2D eigenvalue weighted by atomic mass is 9.73. The van der Waals surface area contributed by atoms with E-state index >= 15 is 0 Å². The molecular formula is C18H26N2O3S. The molecule has 3 saturated heterocycles. The number of amides is 1. The Bertz CT molecular complexity index is 590. The van der Waals surface area contributed by atoms with E-state index in [4.69, 9.17) is 5.11 Å². The van der Waals surface area contributed by atoms with Gasteiger partial charge in [0.25, 0.3) is 0 Å². The van der Waals surface area contributed by atoms with Gasteiger partial charge in [-0.2, -0.15) is 0 Å². The molecule has 5 nitrogen and oxygen atoms in total. The molecule has 1 amide bonds. The van der Waals surface area contributed by atoms with E-state index in [2.05, 4.69) is 43.0 Å². The van der Waals surface area contributed by atoms with Crippen LogP contribution in [0, 0.1) is 11.3 Å². The Hall–Kier alpha value is -1.40. The zero-order valence-electron chi connectivity index (χ0n) is 14.3. The fourth-order valence-electron chi connectivity index (χ4n) is 4.17. The molecule has 2 atom stereocenters. The van der Waals surface area contributed by atoms with Crippen LogP contribution in [-0.2, 0) is 0 Å². The molecule has 0 aromatic heterocycles. The number of hydrogen-bond acceptors (Lipinski definition) is 4. The number of carbonyl (C=O) groups is 1. The third kappa shape index (κ3) is 3.49. The van der Waals surface area contributed by atoms with Crippen LogP contribution in [0.4, 0.5) is 10.5 Å². The molecule has 24 heavy (non-hydrogen) atoms. The van der Waals surface area contributed by atoms with E-state index in [0.29, 0.717) is 24.8 Å². The summed E-state index contributed by atoms with van der Waals surface area (Å²) in [6, 6.07) is 8.64. The topological polar surface area (TPSA) is 64.0 Å². The molecule has 0 saturated carbocycles. The summed E-state index contributed by atoms with van der Waals surface area (Å²) >= 11 is 1.64. The van der Waals surface area contributed by atoms with Crippen molar-refractivity contribution in [1.82, 2.24) is 4.90 Å². The van der Waals surface area contributed by atoms with E-state index in [9.17, 15) is 9.90 Å². The highest BCUT2D eigenvalue weighted by Gasteiger charge is 2.46. The second kappa shape index (κ2) is 6.84. The molecule has 4 rings (SSSR count). The summed E-state index contributed by atoms with van der Waals surface area (Å²) in [5.41, 5.74) is 1.26. The van der Waals surface area contributed by atoms with Gasteiger partial charge < -0.3 is 20.0 Å². The van der Waals surface area contributed by atoms with Crippen LogP contribution in [0.3, 0.4) is 0 Å². The van der Waals surface area contributed by atoms with Gasteiger partial charge in [0.15, 0.2) is 0 Å². The average molecular weight is 350 g/mol. The van der Waals surface area contributed by atoms with Gasteiger partial charge in [-0.3, -0.25) is 0 Å². The van der Waals surface area contributed by atoms with E-state index in [0.717, 1.165) is 17.9 Å². The maximum absolute atomic E-state index is 11.5. The lowest BCUT2D eigenvalue weighted by Crippen LogP contribution is -2.54. The van der Waals surface area contributed by atoms with Crippen molar-refractivity contribution >= 4 is 23.5 Å². The van der Waals surface area contributed by atoms with Crippen molar-refractivity contribution in [2.24, 2.45) is 11.3 Å². The first-order chi connectivity index (χ1) is 11.4. The molecular weight excluding hydrogens is 324 g/mol. The summed E-state index contributed by atoms with van der Waals surface area (Å²) in [5, 5.41) is 18.4. The number of rotatable bonds is 4. The smallest absolute Gasteiger partial charge is 0.407 e. The minimum absolute atomic E-state index is 0.0947. The largest absolute Gasteiger partial charge is 0.465 e. The van der Waals surface area contributed by atoms with Gasteiger partial charge in [0.1, 0.15) is 0 Å². The molecule has 132 valence electrons. The van der Waals surface area contributed by atoms with E-state index < -0.39 is 6.09 Å². The highest BCUT2D eigenvalue weighted by atomic mass is 32.2. The molecule has 3 heterocycles. The molecule has 1 aromatic rings. The zero-order valence-corrected chi connectivity index (χ0v) is 15.1. The summed E-state index contributed by atoms with van der Waals surface area (Å²) in [6.07, 6.45) is 0.267. The lowest BCUT2D eigenvalue weighted by Gasteiger charge is -2.48. The molecule has 3 fully saturated rings. The third-order valence-corrected chi connectivity index (χ3v) is 6.21. The minimum Gasteiger partial charge on any atom is -0.465 e. The number of piperidine rings is 1. The maximum atomic E-state index is 11.5. The first-order valence-corrected chi connectivity index (χ1v) is 9.47. The fraction of sp³-hybridized carbons (Fsp3) is 0.611. The predicted molar refractivity (Wildman–Crippen MR) is 96.9 cm³/mol. The molecule has 2 bridgehead atoms. The van der Waals surface area contributed by atoms with Crippen molar-refractivity contribution in [2.45, 2.75) is 31.2 Å². The van der Waals surface area contributed by atoms with Crippen molar-refractivity contribution in [2.75, 3.05) is 36.9 Å². The lowest BCUT2D eigenvalue weighted by molar-refractivity contribution is 0.142. The Kier molecular flexibility index (Phi) is 4.97. The number of fused-ring (bicyclic) bond motifs is 4. The zero-order chi connectivity index (χ0) is 17.3. The highest BCUT2D eigenvalue weighted by Crippen LogP contribution is 2.43. The van der Waals surface area contributed by atoms with Crippen LogP contribution in [0.5, 0.6) is 0 Å². The van der Waals surface area contributed by atoms with Gasteiger partial charge in [-0.15, -0.1) is 11.8 Å². The average Bonchev–Trinajstić information content (AvgIpc) is 2.80. The van der Waals surface area contributed by atoms with Crippen LogP contribution in [0.25, 0.3) is 0 Å². The summed E-state index contributed by atoms with van der Waals surface area (Å²) in [5.74, 6) is 1.08. The minimum atomic E-state index is -0.805. The van der Waals surface area contributed by atoms with Crippen LogP contribution < -0.4 is 4.90 Å². The van der Waals surface area contributed by atoms with E-state index in [1.807, 2.05) is 0 Å². The number of anilines is 1. The standard InChI is InChI=1S/C18H26N2O3S/c1-18(2)9-13-10-19(17(22)23)12-16(18)20(11-13)14-3-5-15(6-4-14)24-8-7-21/h3-6,13,16,21H,7-12H2,1-2H3,(H,22,23)/t13-,16-/m1/s1. The SMILES string of the molecule is CC1(C)C[C@@H]2CN(C(=O)O)C[C@H]1N(c1ccc(SCCO)cc1)C2. The van der Waals surface area contributed by atoms with Crippen molar-refractivity contribution in [1.29, 1.82) is 0 Å². The van der Waals surface area contributed by atoms with Gasteiger partial charge in [-0.1, -0.05) is 13.8 Å². The molecule has 0 radical (unpaired) electrons. The summed E-state index contributed by atoms with van der Waals surface area (Å²) < 4.78 is 0. The van der Waals surface area contributed by atoms with Crippen molar-refractivity contribution < 1.29 is 15.0 Å². The van der Waals surface area contributed by atoms with Gasteiger partial charge in [-0.05, 0) is 42.0 Å². The molecule has 3 aliphatic rings. The molecule has 2 N–H and O–H groups in total. The first-order valence-electron chi connectivity index (χ1n) is 8.49. The van der Waals surface area contributed by atoms with Crippen LogP contribution in [-0.4, -0.2) is 59.2 Å². The Morgan fingerprint density at radius 1 is 1.25 bits per heavy atom. The fourth-order valence-corrected chi connectivity index (χ4v) is 4.83. The van der Waals surface area contributed by atoms with E-state index in [1.54, 1.807) is 16.7 Å². The summed E-state index contributed by atoms with van der Waals surface area (Å²) in [7, 11) is 0. The van der Waals surface area contributed by atoms with Crippen LogP contribution in [0.1, 0.15) is 20.3 Å². The molecule has 3 aliphatic heterocycles. The number of benzene rings is 1. The molecule has 6 heteroatoms. The number of aliphatic hydroxyl groups excluding tert-OH is 1. The number of nitrogens with zero attached hydrogens (tertiary/aromatic N) is 2. The summed E-state index contributed by atoms with van der Waals surface area (Å²) in [4.78, 5) is 16.7. The molecule has 0 spiro atoms. The Morgan fingerprint density at radius 2 is 1.96 bits per heavy atom. The Labute approximate surface area is 147 Å². The van der Waals surface area contributed by atoms with E-state index in [1.165, 1.54) is 5.69 Å². The highest BCUT2D eigenvalue weighted by molar-refractivity contribution is 7.99. The maximum Gasteiger partial charge on any atom is 0.407 e. The van der Waals surface area contributed by atoms with Gasteiger partial charge >= 0.3 is 6.09 Å². The van der Waals surface area contributed by atoms with Gasteiger partial charge in [0.05, 0.1) is 12.6 Å². The van der Waals surface area contributed by atoms with Crippen molar-refractivity contribution in [3.8, 4) is 0 Å².